The maximum atomic E-state index is 13.3. The van der Waals surface area contributed by atoms with Gasteiger partial charge < -0.3 is 4.90 Å². The fourth-order valence-corrected chi connectivity index (χ4v) is 3.26. The molecule has 1 aliphatic rings. The first-order valence-electron chi connectivity index (χ1n) is 8.36. The van der Waals surface area contributed by atoms with Crippen LogP contribution in [-0.4, -0.2) is 51.7 Å². The van der Waals surface area contributed by atoms with Gasteiger partial charge in [0.15, 0.2) is 11.6 Å². The summed E-state index contributed by atoms with van der Waals surface area (Å²) < 4.78 is 27.9. The van der Waals surface area contributed by atoms with Crippen molar-refractivity contribution in [3.8, 4) is 0 Å². The number of carbonyl (C=O) groups is 1. The summed E-state index contributed by atoms with van der Waals surface area (Å²) in [4.78, 5) is 16.5. The second-order valence-corrected chi connectivity index (χ2v) is 6.57. The van der Waals surface area contributed by atoms with Gasteiger partial charge in [-0.25, -0.2) is 8.78 Å². The SMILES string of the molecule is CN(C(=O)c1cnn(C)c1)C1CCN(Cc2ccc(F)c(F)c2)CC1. The largest absolute Gasteiger partial charge is 0.339 e. The molecule has 0 N–H and O–H groups in total. The summed E-state index contributed by atoms with van der Waals surface area (Å²) in [5.41, 5.74) is 1.35. The van der Waals surface area contributed by atoms with Crippen LogP contribution in [0.1, 0.15) is 28.8 Å². The van der Waals surface area contributed by atoms with Gasteiger partial charge in [0.1, 0.15) is 0 Å². The number of aryl methyl sites for hydroxylation is 1. The van der Waals surface area contributed by atoms with Crippen LogP contribution in [0.4, 0.5) is 8.78 Å². The summed E-state index contributed by atoms with van der Waals surface area (Å²) in [5.74, 6) is -1.65. The van der Waals surface area contributed by atoms with E-state index in [2.05, 4.69) is 10.00 Å². The Morgan fingerprint density at radius 1 is 1.28 bits per heavy atom. The van der Waals surface area contributed by atoms with Crippen molar-refractivity contribution in [1.29, 1.82) is 0 Å². The fourth-order valence-electron chi connectivity index (χ4n) is 3.26. The summed E-state index contributed by atoms with van der Waals surface area (Å²) in [7, 11) is 3.61. The van der Waals surface area contributed by atoms with E-state index in [1.165, 1.54) is 6.07 Å². The highest BCUT2D eigenvalue weighted by Crippen LogP contribution is 2.20. The number of aromatic nitrogens is 2. The van der Waals surface area contributed by atoms with Gasteiger partial charge >= 0.3 is 0 Å². The molecule has 1 aromatic carbocycles. The lowest BCUT2D eigenvalue weighted by Gasteiger charge is -2.36. The van der Waals surface area contributed by atoms with Gasteiger partial charge in [0, 0.05) is 46.0 Å². The van der Waals surface area contributed by atoms with E-state index in [-0.39, 0.29) is 11.9 Å². The minimum absolute atomic E-state index is 0.0212. The molecule has 7 heteroatoms. The molecule has 3 rings (SSSR count). The Morgan fingerprint density at radius 2 is 2.00 bits per heavy atom. The number of hydrogen-bond donors (Lipinski definition) is 0. The maximum absolute atomic E-state index is 13.3. The molecule has 0 aliphatic carbocycles. The summed E-state index contributed by atoms with van der Waals surface area (Å²) >= 11 is 0. The van der Waals surface area contributed by atoms with E-state index in [1.54, 1.807) is 35.1 Å². The highest BCUT2D eigenvalue weighted by molar-refractivity contribution is 5.93. The van der Waals surface area contributed by atoms with Crippen LogP contribution in [0.2, 0.25) is 0 Å². The Kier molecular flexibility index (Phi) is 5.13. The van der Waals surface area contributed by atoms with Gasteiger partial charge in [0.2, 0.25) is 0 Å². The smallest absolute Gasteiger partial charge is 0.257 e. The molecule has 0 bridgehead atoms. The lowest BCUT2D eigenvalue weighted by molar-refractivity contribution is 0.0636. The van der Waals surface area contributed by atoms with Crippen LogP contribution in [0.15, 0.2) is 30.6 Å². The average Bonchev–Trinajstić information content (AvgIpc) is 3.04. The Hall–Kier alpha value is -2.28. The van der Waals surface area contributed by atoms with Crippen LogP contribution in [0, 0.1) is 11.6 Å². The van der Waals surface area contributed by atoms with Crippen LogP contribution in [0.3, 0.4) is 0 Å². The Morgan fingerprint density at radius 3 is 2.60 bits per heavy atom. The van der Waals surface area contributed by atoms with Crippen molar-refractivity contribution in [2.24, 2.45) is 7.05 Å². The van der Waals surface area contributed by atoms with Crippen LogP contribution < -0.4 is 0 Å². The van der Waals surface area contributed by atoms with Crippen LogP contribution >= 0.6 is 0 Å². The van der Waals surface area contributed by atoms with Crippen molar-refractivity contribution < 1.29 is 13.6 Å². The number of carbonyl (C=O) groups excluding carboxylic acids is 1. The first-order valence-corrected chi connectivity index (χ1v) is 8.36. The number of rotatable bonds is 4. The van der Waals surface area contributed by atoms with Crippen molar-refractivity contribution in [3.05, 3.63) is 53.4 Å². The first-order chi connectivity index (χ1) is 11.9. The highest BCUT2D eigenvalue weighted by Gasteiger charge is 2.26. The van der Waals surface area contributed by atoms with Gasteiger partial charge in [-0.05, 0) is 30.5 Å². The standard InChI is InChI=1S/C18H22F2N4O/c1-22-12-14(10-21-22)18(25)23(2)15-5-7-24(8-6-15)11-13-3-4-16(19)17(20)9-13/h3-4,9-10,12,15H,5-8,11H2,1-2H3. The predicted molar refractivity (Wildman–Crippen MR) is 90.0 cm³/mol. The maximum Gasteiger partial charge on any atom is 0.257 e. The minimum Gasteiger partial charge on any atom is -0.339 e. The minimum atomic E-state index is -0.821. The molecule has 1 fully saturated rings. The zero-order valence-corrected chi connectivity index (χ0v) is 14.5. The summed E-state index contributed by atoms with van der Waals surface area (Å²) in [5, 5.41) is 4.04. The van der Waals surface area contributed by atoms with E-state index < -0.39 is 11.6 Å². The van der Waals surface area contributed by atoms with Gasteiger partial charge in [-0.2, -0.15) is 5.10 Å². The van der Waals surface area contributed by atoms with Crippen molar-refractivity contribution in [1.82, 2.24) is 19.6 Å². The average molecular weight is 348 g/mol. The fraction of sp³-hybridized carbons (Fsp3) is 0.444. The second-order valence-electron chi connectivity index (χ2n) is 6.57. The Labute approximate surface area is 145 Å². The molecule has 0 atom stereocenters. The molecule has 0 spiro atoms. The number of amides is 1. The van der Waals surface area contributed by atoms with Crippen molar-refractivity contribution in [2.45, 2.75) is 25.4 Å². The molecule has 5 nitrogen and oxygen atoms in total. The molecule has 134 valence electrons. The molecule has 1 aromatic heterocycles. The molecule has 1 amide bonds. The van der Waals surface area contributed by atoms with E-state index >= 15 is 0 Å². The predicted octanol–water partition coefficient (Wildman–Crippen LogP) is 2.43. The van der Waals surface area contributed by atoms with Gasteiger partial charge in [-0.1, -0.05) is 6.07 Å². The van der Waals surface area contributed by atoms with Crippen molar-refractivity contribution in [2.75, 3.05) is 20.1 Å². The molecule has 0 radical (unpaired) electrons. The molecular formula is C18H22F2N4O. The summed E-state index contributed by atoms with van der Waals surface area (Å²) in [6.45, 7) is 2.22. The van der Waals surface area contributed by atoms with Gasteiger partial charge in [-0.15, -0.1) is 0 Å². The number of piperidine rings is 1. The molecule has 1 saturated heterocycles. The van der Waals surface area contributed by atoms with Gasteiger partial charge in [-0.3, -0.25) is 14.4 Å². The number of likely N-dealkylation sites (tertiary alicyclic amines) is 1. The summed E-state index contributed by atoms with van der Waals surface area (Å²) in [6.07, 6.45) is 5.01. The van der Waals surface area contributed by atoms with Crippen LogP contribution in [-0.2, 0) is 13.6 Å². The second kappa shape index (κ2) is 7.31. The monoisotopic (exact) mass is 348 g/mol. The Balaban J connectivity index is 1.54. The first kappa shape index (κ1) is 17.5. The normalized spacial score (nSPS) is 16.2. The third-order valence-electron chi connectivity index (χ3n) is 4.77. The van der Waals surface area contributed by atoms with E-state index in [1.807, 2.05) is 7.05 Å². The van der Waals surface area contributed by atoms with E-state index in [4.69, 9.17) is 0 Å². The number of nitrogens with zero attached hydrogens (tertiary/aromatic N) is 4. The number of hydrogen-bond acceptors (Lipinski definition) is 3. The highest BCUT2D eigenvalue weighted by atomic mass is 19.2. The number of benzene rings is 1. The van der Waals surface area contributed by atoms with E-state index in [9.17, 15) is 13.6 Å². The van der Waals surface area contributed by atoms with E-state index in [0.717, 1.165) is 37.6 Å². The summed E-state index contributed by atoms with van der Waals surface area (Å²) in [6, 6.07) is 4.20. The van der Waals surface area contributed by atoms with Gasteiger partial charge in [0.25, 0.3) is 5.91 Å². The zero-order valence-electron chi connectivity index (χ0n) is 14.5. The molecular weight excluding hydrogens is 326 g/mol. The third-order valence-corrected chi connectivity index (χ3v) is 4.77. The Bertz CT molecular complexity index is 753. The van der Waals surface area contributed by atoms with Crippen molar-refractivity contribution >= 4 is 5.91 Å². The third kappa shape index (κ3) is 4.04. The molecule has 0 saturated carbocycles. The van der Waals surface area contributed by atoms with Crippen molar-refractivity contribution in [3.63, 3.8) is 0 Å². The van der Waals surface area contributed by atoms with Crippen LogP contribution in [0.25, 0.3) is 0 Å². The number of halogens is 2. The van der Waals surface area contributed by atoms with Gasteiger partial charge in [0.05, 0.1) is 11.8 Å². The molecule has 2 heterocycles. The quantitative estimate of drug-likeness (QED) is 0.852. The molecule has 2 aromatic rings. The molecule has 1 aliphatic heterocycles. The topological polar surface area (TPSA) is 41.4 Å². The lowest BCUT2D eigenvalue weighted by Crippen LogP contribution is -2.45. The molecule has 0 unspecified atom stereocenters. The lowest BCUT2D eigenvalue weighted by atomic mass is 10.0. The van der Waals surface area contributed by atoms with E-state index in [0.29, 0.717) is 12.1 Å². The van der Waals surface area contributed by atoms with Crippen LogP contribution in [0.5, 0.6) is 0 Å². The zero-order chi connectivity index (χ0) is 18.0. The molecule has 25 heavy (non-hydrogen) atoms.